The molecule has 2 aliphatic rings. The van der Waals surface area contributed by atoms with Crippen molar-refractivity contribution in [3.05, 3.63) is 0 Å². The van der Waals surface area contributed by atoms with E-state index in [1.807, 2.05) is 25.7 Å². The molecule has 1 amide bonds. The van der Waals surface area contributed by atoms with Crippen LogP contribution in [0.5, 0.6) is 0 Å². The molecule has 0 spiro atoms. The zero-order valence-electron chi connectivity index (χ0n) is 15.1. The van der Waals surface area contributed by atoms with Crippen LogP contribution >= 0.6 is 0 Å². The van der Waals surface area contributed by atoms with Gasteiger partial charge in [-0.1, -0.05) is 0 Å². The number of fused-ring (bicyclic) bond motifs is 1. The van der Waals surface area contributed by atoms with Gasteiger partial charge in [0, 0.05) is 32.3 Å². The molecule has 5 heteroatoms. The number of methoxy groups -OCH3 is 1. The normalized spacial score (nSPS) is 29.2. The van der Waals surface area contributed by atoms with Crippen LogP contribution in [0.4, 0.5) is 4.79 Å². The van der Waals surface area contributed by atoms with Crippen molar-refractivity contribution < 1.29 is 14.3 Å². The fourth-order valence-electron chi connectivity index (χ4n) is 3.46. The lowest BCUT2D eigenvalue weighted by atomic mass is 10.00. The molecule has 22 heavy (non-hydrogen) atoms. The first-order valence-electron chi connectivity index (χ1n) is 8.31. The molecule has 1 saturated carbocycles. The highest BCUT2D eigenvalue weighted by atomic mass is 16.6. The van der Waals surface area contributed by atoms with E-state index in [4.69, 9.17) is 9.47 Å². The molecule has 1 saturated heterocycles. The Morgan fingerprint density at radius 1 is 1.23 bits per heavy atom. The molecule has 0 bridgehead atoms. The number of likely N-dealkylation sites (tertiary alicyclic amines) is 1. The van der Waals surface area contributed by atoms with Crippen LogP contribution in [0.15, 0.2) is 0 Å². The number of carbonyl (C=O) groups excluding carboxylic acids is 1. The molecule has 3 atom stereocenters. The average molecular weight is 312 g/mol. The number of hydrogen-bond donors (Lipinski definition) is 1. The lowest BCUT2D eigenvalue weighted by Crippen LogP contribution is -2.42. The predicted molar refractivity (Wildman–Crippen MR) is 86.9 cm³/mol. The highest BCUT2D eigenvalue weighted by Crippen LogP contribution is 2.46. The molecule has 0 aromatic carbocycles. The first-order chi connectivity index (χ1) is 10.0. The Kier molecular flexibility index (Phi) is 4.79. The Labute approximate surface area is 134 Å². The number of carbonyl (C=O) groups is 1. The number of amides is 1. The van der Waals surface area contributed by atoms with E-state index >= 15 is 0 Å². The van der Waals surface area contributed by atoms with Crippen LogP contribution < -0.4 is 5.32 Å². The van der Waals surface area contributed by atoms with Gasteiger partial charge in [0.25, 0.3) is 0 Å². The van der Waals surface area contributed by atoms with Crippen LogP contribution in [0, 0.1) is 11.8 Å². The van der Waals surface area contributed by atoms with E-state index in [1.54, 1.807) is 7.11 Å². The van der Waals surface area contributed by atoms with Gasteiger partial charge in [0.05, 0.1) is 5.60 Å². The highest BCUT2D eigenvalue weighted by Gasteiger charge is 2.57. The van der Waals surface area contributed by atoms with Gasteiger partial charge in [-0.05, 0) is 59.8 Å². The summed E-state index contributed by atoms with van der Waals surface area (Å²) >= 11 is 0. The zero-order valence-corrected chi connectivity index (χ0v) is 15.1. The van der Waals surface area contributed by atoms with Gasteiger partial charge in [-0.2, -0.15) is 0 Å². The minimum atomic E-state index is -0.415. The summed E-state index contributed by atoms with van der Waals surface area (Å²) < 4.78 is 10.9. The number of nitrogens with zero attached hydrogens (tertiary/aromatic N) is 1. The molecular formula is C17H32N2O3. The maximum atomic E-state index is 12.0. The van der Waals surface area contributed by atoms with Crippen molar-refractivity contribution in [3.8, 4) is 0 Å². The molecule has 2 fully saturated rings. The van der Waals surface area contributed by atoms with Crippen molar-refractivity contribution in [1.82, 2.24) is 10.2 Å². The van der Waals surface area contributed by atoms with E-state index in [-0.39, 0.29) is 11.7 Å². The van der Waals surface area contributed by atoms with Gasteiger partial charge in [0.2, 0.25) is 0 Å². The second-order valence-corrected chi connectivity index (χ2v) is 8.47. The van der Waals surface area contributed by atoms with Gasteiger partial charge in [-0.15, -0.1) is 0 Å². The van der Waals surface area contributed by atoms with Gasteiger partial charge in [0.1, 0.15) is 5.60 Å². The van der Waals surface area contributed by atoms with Crippen LogP contribution in [0.25, 0.3) is 0 Å². The van der Waals surface area contributed by atoms with Crippen LogP contribution in [0.2, 0.25) is 0 Å². The Bertz CT molecular complexity index is 405. The monoisotopic (exact) mass is 312 g/mol. The van der Waals surface area contributed by atoms with Crippen LogP contribution in [0.1, 0.15) is 48.0 Å². The fourth-order valence-corrected chi connectivity index (χ4v) is 3.46. The van der Waals surface area contributed by atoms with Crippen molar-refractivity contribution in [2.24, 2.45) is 11.8 Å². The Hall–Kier alpha value is -0.810. The van der Waals surface area contributed by atoms with Crippen molar-refractivity contribution in [2.45, 2.75) is 71.2 Å². The van der Waals surface area contributed by atoms with Crippen LogP contribution in [-0.2, 0) is 9.47 Å². The Balaban J connectivity index is 1.73. The fraction of sp³-hybridized carbons (Fsp3) is 0.941. The molecule has 1 heterocycles. The highest BCUT2D eigenvalue weighted by molar-refractivity contribution is 5.69. The van der Waals surface area contributed by atoms with Crippen LogP contribution in [0.3, 0.4) is 0 Å². The minimum Gasteiger partial charge on any atom is -0.444 e. The second-order valence-electron chi connectivity index (χ2n) is 8.47. The van der Waals surface area contributed by atoms with Gasteiger partial charge >= 0.3 is 6.09 Å². The zero-order chi connectivity index (χ0) is 16.7. The molecule has 0 radical (unpaired) electrons. The van der Waals surface area contributed by atoms with Crippen molar-refractivity contribution in [1.29, 1.82) is 0 Å². The van der Waals surface area contributed by atoms with Crippen molar-refractivity contribution in [2.75, 3.05) is 20.2 Å². The van der Waals surface area contributed by atoms with E-state index in [1.165, 1.54) is 0 Å². The lowest BCUT2D eigenvalue weighted by Gasteiger charge is -2.29. The molecule has 5 nitrogen and oxygen atoms in total. The smallest absolute Gasteiger partial charge is 0.410 e. The third kappa shape index (κ3) is 4.35. The minimum absolute atomic E-state index is 0.0982. The average Bonchev–Trinajstić information content (AvgIpc) is 2.82. The molecular weight excluding hydrogens is 280 g/mol. The predicted octanol–water partition coefficient (Wildman–Crippen LogP) is 2.64. The quantitative estimate of drug-likeness (QED) is 0.848. The first-order valence-corrected chi connectivity index (χ1v) is 8.31. The van der Waals surface area contributed by atoms with Crippen molar-refractivity contribution in [3.63, 3.8) is 0 Å². The number of ether oxygens (including phenoxy) is 2. The SMILES string of the molecule is COC(C)(C)CC(C)NC1C2CN(C(=O)OC(C)(C)C)CC21. The summed E-state index contributed by atoms with van der Waals surface area (Å²) in [7, 11) is 1.76. The summed E-state index contributed by atoms with van der Waals surface area (Å²) in [5, 5.41) is 3.70. The molecule has 1 aliphatic carbocycles. The standard InChI is InChI=1S/C17H32N2O3/c1-11(8-17(5,6)21-7)18-14-12-9-19(10-13(12)14)15(20)22-16(2,3)4/h11-14,18H,8-10H2,1-7H3. The molecule has 3 unspecified atom stereocenters. The third-order valence-electron chi connectivity index (χ3n) is 4.67. The summed E-state index contributed by atoms with van der Waals surface area (Å²) in [6.45, 7) is 13.8. The van der Waals surface area contributed by atoms with Gasteiger partial charge < -0.3 is 19.7 Å². The molecule has 1 aliphatic heterocycles. The Morgan fingerprint density at radius 2 is 1.77 bits per heavy atom. The largest absolute Gasteiger partial charge is 0.444 e. The second kappa shape index (κ2) is 6.00. The van der Waals surface area contributed by atoms with E-state index in [0.717, 1.165) is 19.5 Å². The lowest BCUT2D eigenvalue weighted by molar-refractivity contribution is 0.00798. The van der Waals surface area contributed by atoms with E-state index < -0.39 is 5.60 Å². The molecule has 1 N–H and O–H groups in total. The number of nitrogens with one attached hydrogen (secondary N) is 1. The molecule has 2 rings (SSSR count). The third-order valence-corrected chi connectivity index (χ3v) is 4.67. The number of piperidine rings is 1. The van der Waals surface area contributed by atoms with Crippen LogP contribution in [-0.4, -0.2) is 54.5 Å². The number of hydrogen-bond acceptors (Lipinski definition) is 4. The molecule has 0 aromatic heterocycles. The van der Waals surface area contributed by atoms with E-state index in [0.29, 0.717) is 23.9 Å². The summed E-state index contributed by atoms with van der Waals surface area (Å²) in [5.41, 5.74) is -0.513. The maximum Gasteiger partial charge on any atom is 0.410 e. The molecule has 0 aromatic rings. The maximum absolute atomic E-state index is 12.0. The van der Waals surface area contributed by atoms with Crippen molar-refractivity contribution >= 4 is 6.09 Å². The summed E-state index contributed by atoms with van der Waals surface area (Å²) in [4.78, 5) is 13.9. The van der Waals surface area contributed by atoms with E-state index in [2.05, 4.69) is 26.1 Å². The number of rotatable bonds is 5. The topological polar surface area (TPSA) is 50.8 Å². The Morgan fingerprint density at radius 3 is 2.23 bits per heavy atom. The summed E-state index contributed by atoms with van der Waals surface area (Å²) in [6.07, 6.45) is 0.807. The van der Waals surface area contributed by atoms with Gasteiger partial charge in [-0.3, -0.25) is 0 Å². The molecule has 128 valence electrons. The van der Waals surface area contributed by atoms with Gasteiger partial charge in [0.15, 0.2) is 0 Å². The summed E-state index contributed by atoms with van der Waals surface area (Å²) in [5.74, 6) is 1.17. The first kappa shape index (κ1) is 17.5. The van der Waals surface area contributed by atoms with Gasteiger partial charge in [-0.25, -0.2) is 4.79 Å². The summed E-state index contributed by atoms with van der Waals surface area (Å²) in [6, 6.07) is 0.960. The van der Waals surface area contributed by atoms with E-state index in [9.17, 15) is 4.79 Å².